The minimum absolute atomic E-state index is 0.0499. The van der Waals surface area contributed by atoms with Crippen molar-refractivity contribution in [2.45, 2.75) is 45.1 Å². The number of hydrogen-bond donors (Lipinski definition) is 2. The molecule has 0 radical (unpaired) electrons. The number of carbonyl (C=O) groups is 1. The van der Waals surface area contributed by atoms with Crippen LogP contribution in [0, 0.1) is 13.8 Å². The fourth-order valence-corrected chi connectivity index (χ4v) is 4.04. The molecule has 27 heavy (non-hydrogen) atoms. The molecule has 1 atom stereocenters. The molecule has 0 bridgehead atoms. The van der Waals surface area contributed by atoms with Gasteiger partial charge in [-0.05, 0) is 39.2 Å². The van der Waals surface area contributed by atoms with Gasteiger partial charge < -0.3 is 15.0 Å². The van der Waals surface area contributed by atoms with Crippen molar-refractivity contribution in [2.24, 2.45) is 0 Å². The molecule has 146 valence electrons. The smallest absolute Gasteiger partial charge is 0.317 e. The van der Waals surface area contributed by atoms with E-state index in [0.717, 1.165) is 43.0 Å². The summed E-state index contributed by atoms with van der Waals surface area (Å²) in [6.45, 7) is 8.05. The van der Waals surface area contributed by atoms with Gasteiger partial charge in [0.1, 0.15) is 0 Å². The van der Waals surface area contributed by atoms with E-state index < -0.39 is 0 Å². The lowest BCUT2D eigenvalue weighted by Gasteiger charge is -2.38. The van der Waals surface area contributed by atoms with Crippen molar-refractivity contribution in [3.63, 3.8) is 0 Å². The Labute approximate surface area is 161 Å². The Kier molecular flexibility index (Phi) is 5.85. The molecule has 1 aliphatic rings. The standard InChI is InChI=1S/C21H30N4O2/c1-15-19(16(2)24-23-15)17(3)25(4)20(26)22-14-21(10-12-27-13-11-21)18-8-6-5-7-9-18/h5-9,17H,10-14H2,1-4H3,(H,22,26)(H,23,24)/t17-/m0/s1. The summed E-state index contributed by atoms with van der Waals surface area (Å²) < 4.78 is 5.58. The van der Waals surface area contributed by atoms with Crippen LogP contribution in [-0.4, -0.2) is 47.9 Å². The summed E-state index contributed by atoms with van der Waals surface area (Å²) in [6.07, 6.45) is 1.83. The summed E-state index contributed by atoms with van der Waals surface area (Å²) in [7, 11) is 1.84. The number of hydrogen-bond acceptors (Lipinski definition) is 3. The van der Waals surface area contributed by atoms with Gasteiger partial charge in [0.2, 0.25) is 0 Å². The predicted octanol–water partition coefficient (Wildman–Crippen LogP) is 3.48. The van der Waals surface area contributed by atoms with E-state index in [9.17, 15) is 4.79 Å². The van der Waals surface area contributed by atoms with Gasteiger partial charge in [0.05, 0.1) is 11.7 Å². The molecule has 0 unspecified atom stereocenters. The zero-order chi connectivity index (χ0) is 19.4. The van der Waals surface area contributed by atoms with E-state index in [4.69, 9.17) is 4.74 Å². The maximum atomic E-state index is 12.9. The fraction of sp³-hybridized carbons (Fsp3) is 0.524. The van der Waals surface area contributed by atoms with E-state index in [1.807, 2.05) is 33.9 Å². The number of nitrogens with one attached hydrogen (secondary N) is 2. The van der Waals surface area contributed by atoms with Gasteiger partial charge in [0.15, 0.2) is 0 Å². The van der Waals surface area contributed by atoms with Gasteiger partial charge in [-0.25, -0.2) is 4.79 Å². The second-order valence-electron chi connectivity index (χ2n) is 7.55. The Balaban J connectivity index is 1.71. The zero-order valence-electron chi connectivity index (χ0n) is 16.7. The second kappa shape index (κ2) is 8.13. The van der Waals surface area contributed by atoms with Crippen LogP contribution >= 0.6 is 0 Å². The van der Waals surface area contributed by atoms with E-state index in [1.54, 1.807) is 4.90 Å². The van der Waals surface area contributed by atoms with Crippen LogP contribution in [0.25, 0.3) is 0 Å². The third kappa shape index (κ3) is 4.00. The van der Waals surface area contributed by atoms with Crippen LogP contribution in [0.3, 0.4) is 0 Å². The molecular formula is C21H30N4O2. The molecule has 0 aliphatic carbocycles. The van der Waals surface area contributed by atoms with Gasteiger partial charge in [-0.3, -0.25) is 5.10 Å². The van der Waals surface area contributed by atoms with Crippen molar-refractivity contribution < 1.29 is 9.53 Å². The zero-order valence-corrected chi connectivity index (χ0v) is 16.7. The van der Waals surface area contributed by atoms with E-state index in [-0.39, 0.29) is 17.5 Å². The molecule has 2 heterocycles. The number of amides is 2. The van der Waals surface area contributed by atoms with Crippen LogP contribution in [0.15, 0.2) is 30.3 Å². The van der Waals surface area contributed by atoms with Crippen LogP contribution in [0.5, 0.6) is 0 Å². The average Bonchev–Trinajstić information content (AvgIpc) is 3.04. The van der Waals surface area contributed by atoms with Crippen LogP contribution in [0.2, 0.25) is 0 Å². The molecule has 6 nitrogen and oxygen atoms in total. The number of benzene rings is 1. The molecule has 2 amide bonds. The minimum atomic E-state index is -0.0687. The Hall–Kier alpha value is -2.34. The molecular weight excluding hydrogens is 340 g/mol. The number of nitrogens with zero attached hydrogens (tertiary/aromatic N) is 2. The third-order valence-electron chi connectivity index (χ3n) is 5.92. The Morgan fingerprint density at radius 1 is 1.30 bits per heavy atom. The molecule has 2 aromatic rings. The average molecular weight is 370 g/mol. The van der Waals surface area contributed by atoms with Crippen LogP contribution in [0.4, 0.5) is 4.79 Å². The minimum Gasteiger partial charge on any atom is -0.381 e. The highest BCUT2D eigenvalue weighted by Gasteiger charge is 2.35. The molecule has 2 N–H and O–H groups in total. The Bertz CT molecular complexity index is 746. The first-order valence-corrected chi connectivity index (χ1v) is 9.60. The lowest BCUT2D eigenvalue weighted by molar-refractivity contribution is 0.0501. The molecule has 0 saturated carbocycles. The molecule has 0 spiro atoms. The number of aromatic amines is 1. The van der Waals surface area contributed by atoms with Gasteiger partial charge in [0, 0.05) is 43.5 Å². The number of ether oxygens (including phenoxy) is 1. The number of rotatable bonds is 5. The normalized spacial score (nSPS) is 17.3. The molecule has 1 aromatic heterocycles. The number of aryl methyl sites for hydroxylation is 2. The largest absolute Gasteiger partial charge is 0.381 e. The van der Waals surface area contributed by atoms with Crippen molar-refractivity contribution in [1.29, 1.82) is 0 Å². The summed E-state index contributed by atoms with van der Waals surface area (Å²) >= 11 is 0. The topological polar surface area (TPSA) is 70.2 Å². The van der Waals surface area contributed by atoms with E-state index in [2.05, 4.69) is 39.8 Å². The highest BCUT2D eigenvalue weighted by atomic mass is 16.5. The maximum Gasteiger partial charge on any atom is 0.317 e. The van der Waals surface area contributed by atoms with Gasteiger partial charge in [0.25, 0.3) is 0 Å². The highest BCUT2D eigenvalue weighted by Crippen LogP contribution is 2.34. The highest BCUT2D eigenvalue weighted by molar-refractivity contribution is 5.74. The second-order valence-corrected chi connectivity index (χ2v) is 7.55. The summed E-state index contributed by atoms with van der Waals surface area (Å²) in [4.78, 5) is 14.6. The van der Waals surface area contributed by atoms with Crippen molar-refractivity contribution in [1.82, 2.24) is 20.4 Å². The molecule has 1 aliphatic heterocycles. The van der Waals surface area contributed by atoms with Crippen LogP contribution in [-0.2, 0) is 10.2 Å². The monoisotopic (exact) mass is 370 g/mol. The molecule has 3 rings (SSSR count). The van der Waals surface area contributed by atoms with Crippen molar-refractivity contribution in [3.8, 4) is 0 Å². The number of urea groups is 1. The van der Waals surface area contributed by atoms with Gasteiger partial charge >= 0.3 is 6.03 Å². The van der Waals surface area contributed by atoms with E-state index in [0.29, 0.717) is 6.54 Å². The maximum absolute atomic E-state index is 12.9. The summed E-state index contributed by atoms with van der Waals surface area (Å²) in [6, 6.07) is 10.3. The third-order valence-corrected chi connectivity index (χ3v) is 5.92. The summed E-state index contributed by atoms with van der Waals surface area (Å²) in [5.74, 6) is 0. The van der Waals surface area contributed by atoms with Crippen molar-refractivity contribution in [3.05, 3.63) is 52.8 Å². The predicted molar refractivity (Wildman–Crippen MR) is 106 cm³/mol. The van der Waals surface area contributed by atoms with Gasteiger partial charge in [-0.15, -0.1) is 0 Å². The number of H-pyrrole nitrogens is 1. The molecule has 1 fully saturated rings. The first-order chi connectivity index (χ1) is 12.9. The fourth-order valence-electron chi connectivity index (χ4n) is 4.04. The summed E-state index contributed by atoms with van der Waals surface area (Å²) in [5, 5.41) is 10.4. The van der Waals surface area contributed by atoms with Crippen LogP contribution < -0.4 is 5.32 Å². The Morgan fingerprint density at radius 3 is 2.56 bits per heavy atom. The first kappa shape index (κ1) is 19.4. The SMILES string of the molecule is Cc1n[nH]c(C)c1[C@H](C)N(C)C(=O)NCC1(c2ccccc2)CCOCC1. The molecule has 1 aromatic carbocycles. The molecule has 1 saturated heterocycles. The lowest BCUT2D eigenvalue weighted by Crippen LogP contribution is -2.48. The summed E-state index contributed by atoms with van der Waals surface area (Å²) in [5.41, 5.74) is 4.22. The Morgan fingerprint density at radius 2 is 1.96 bits per heavy atom. The van der Waals surface area contributed by atoms with Crippen molar-refractivity contribution >= 4 is 6.03 Å². The van der Waals surface area contributed by atoms with Gasteiger partial charge in [-0.1, -0.05) is 30.3 Å². The lowest BCUT2D eigenvalue weighted by atomic mass is 9.74. The van der Waals surface area contributed by atoms with E-state index in [1.165, 1.54) is 5.56 Å². The number of carbonyl (C=O) groups excluding carboxylic acids is 1. The van der Waals surface area contributed by atoms with Gasteiger partial charge in [-0.2, -0.15) is 5.10 Å². The first-order valence-electron chi connectivity index (χ1n) is 9.60. The van der Waals surface area contributed by atoms with Crippen molar-refractivity contribution in [2.75, 3.05) is 26.8 Å². The van der Waals surface area contributed by atoms with E-state index >= 15 is 0 Å². The van der Waals surface area contributed by atoms with Crippen LogP contribution in [0.1, 0.15) is 48.3 Å². The molecule has 6 heteroatoms. The quantitative estimate of drug-likeness (QED) is 0.846. The number of aromatic nitrogens is 2.